The Morgan fingerprint density at radius 1 is 1.10 bits per heavy atom. The molecule has 0 radical (unpaired) electrons. The standard InChI is InChI=1S/C22H24N6O/c1-23-22(24-13-17-14-25-28(15-17)20-10-6-3-7-11-20)26-18-12-21(29)27(16-18)19-8-4-2-5-9-19/h2-11,14-15,18H,12-13,16H2,1H3,(H2,23,24,26). The number of anilines is 1. The Hall–Kier alpha value is -3.61. The maximum Gasteiger partial charge on any atom is 0.229 e. The van der Waals surface area contributed by atoms with Crippen LogP contribution in [0.4, 0.5) is 5.69 Å². The largest absolute Gasteiger partial charge is 0.352 e. The van der Waals surface area contributed by atoms with Crippen molar-refractivity contribution in [1.29, 1.82) is 0 Å². The molecule has 2 heterocycles. The molecule has 29 heavy (non-hydrogen) atoms. The fourth-order valence-corrected chi connectivity index (χ4v) is 3.41. The van der Waals surface area contributed by atoms with Gasteiger partial charge < -0.3 is 15.5 Å². The lowest BCUT2D eigenvalue weighted by Crippen LogP contribution is -2.44. The summed E-state index contributed by atoms with van der Waals surface area (Å²) in [6.07, 6.45) is 4.27. The summed E-state index contributed by atoms with van der Waals surface area (Å²) in [6, 6.07) is 19.8. The lowest BCUT2D eigenvalue weighted by atomic mass is 10.2. The number of carbonyl (C=O) groups excluding carboxylic acids is 1. The van der Waals surface area contributed by atoms with Crippen molar-refractivity contribution in [2.75, 3.05) is 18.5 Å². The molecule has 2 N–H and O–H groups in total. The van der Waals surface area contributed by atoms with E-state index in [1.54, 1.807) is 7.05 Å². The number of aromatic nitrogens is 2. The smallest absolute Gasteiger partial charge is 0.229 e. The normalized spacial score (nSPS) is 16.9. The van der Waals surface area contributed by atoms with Gasteiger partial charge in [0.05, 0.1) is 17.9 Å². The molecule has 1 saturated heterocycles. The number of para-hydroxylation sites is 2. The summed E-state index contributed by atoms with van der Waals surface area (Å²) in [5, 5.41) is 11.1. The average molecular weight is 388 g/mol. The molecule has 1 aliphatic heterocycles. The first kappa shape index (κ1) is 18.7. The molecular formula is C22H24N6O. The fourth-order valence-electron chi connectivity index (χ4n) is 3.41. The Morgan fingerprint density at radius 3 is 2.48 bits per heavy atom. The SMILES string of the molecule is CN=C(NCc1cnn(-c2ccccc2)c1)NC1CC(=O)N(c2ccccc2)C1. The van der Waals surface area contributed by atoms with Crippen LogP contribution in [-0.4, -0.2) is 41.3 Å². The van der Waals surface area contributed by atoms with Gasteiger partial charge in [-0.1, -0.05) is 36.4 Å². The number of amides is 1. The quantitative estimate of drug-likeness (QED) is 0.520. The number of guanidine groups is 1. The molecule has 1 unspecified atom stereocenters. The lowest BCUT2D eigenvalue weighted by Gasteiger charge is -2.18. The maximum atomic E-state index is 12.4. The third-order valence-corrected chi connectivity index (χ3v) is 4.87. The zero-order valence-corrected chi connectivity index (χ0v) is 16.3. The van der Waals surface area contributed by atoms with Crippen LogP contribution in [0.2, 0.25) is 0 Å². The summed E-state index contributed by atoms with van der Waals surface area (Å²) < 4.78 is 1.85. The number of nitrogens with one attached hydrogen (secondary N) is 2. The Labute approximate surface area is 170 Å². The minimum absolute atomic E-state index is 0.0148. The first-order chi connectivity index (χ1) is 14.2. The van der Waals surface area contributed by atoms with Crippen molar-refractivity contribution in [3.05, 3.63) is 78.6 Å². The number of rotatable bonds is 5. The molecule has 4 rings (SSSR count). The van der Waals surface area contributed by atoms with Crippen molar-refractivity contribution >= 4 is 17.6 Å². The van der Waals surface area contributed by atoms with Crippen LogP contribution in [-0.2, 0) is 11.3 Å². The van der Waals surface area contributed by atoms with E-state index in [9.17, 15) is 4.79 Å². The summed E-state index contributed by atoms with van der Waals surface area (Å²) >= 11 is 0. The van der Waals surface area contributed by atoms with Gasteiger partial charge in [0.1, 0.15) is 0 Å². The van der Waals surface area contributed by atoms with Gasteiger partial charge in [0.25, 0.3) is 0 Å². The van der Waals surface area contributed by atoms with Crippen LogP contribution in [0.5, 0.6) is 0 Å². The van der Waals surface area contributed by atoms with E-state index in [4.69, 9.17) is 0 Å². The Bertz CT molecular complexity index is 983. The molecule has 7 heteroatoms. The van der Waals surface area contributed by atoms with Crippen LogP contribution >= 0.6 is 0 Å². The first-order valence-electron chi connectivity index (χ1n) is 9.64. The molecule has 0 spiro atoms. The Morgan fingerprint density at radius 2 is 1.79 bits per heavy atom. The van der Waals surface area contributed by atoms with Crippen molar-refractivity contribution < 1.29 is 4.79 Å². The summed E-state index contributed by atoms with van der Waals surface area (Å²) in [5.74, 6) is 0.790. The molecule has 7 nitrogen and oxygen atoms in total. The van der Waals surface area contributed by atoms with E-state index in [0.29, 0.717) is 25.5 Å². The molecule has 0 saturated carbocycles. The number of hydrogen-bond donors (Lipinski definition) is 2. The van der Waals surface area contributed by atoms with E-state index < -0.39 is 0 Å². The highest BCUT2D eigenvalue weighted by Gasteiger charge is 2.31. The van der Waals surface area contributed by atoms with Crippen LogP contribution in [0.3, 0.4) is 0 Å². The first-order valence-corrected chi connectivity index (χ1v) is 9.64. The van der Waals surface area contributed by atoms with E-state index in [2.05, 4.69) is 20.7 Å². The van der Waals surface area contributed by atoms with Crippen molar-refractivity contribution in [2.45, 2.75) is 19.0 Å². The minimum atomic E-state index is 0.0148. The second kappa shape index (κ2) is 8.60. The van der Waals surface area contributed by atoms with Crippen LogP contribution in [0.1, 0.15) is 12.0 Å². The molecule has 1 fully saturated rings. The third-order valence-electron chi connectivity index (χ3n) is 4.87. The number of nitrogens with zero attached hydrogens (tertiary/aromatic N) is 4. The van der Waals surface area contributed by atoms with Gasteiger partial charge in [0.2, 0.25) is 5.91 Å². The zero-order chi connectivity index (χ0) is 20.1. The van der Waals surface area contributed by atoms with E-state index in [-0.39, 0.29) is 11.9 Å². The fraction of sp³-hybridized carbons (Fsp3) is 0.227. The van der Waals surface area contributed by atoms with Crippen molar-refractivity contribution in [2.24, 2.45) is 4.99 Å². The third kappa shape index (κ3) is 4.45. The van der Waals surface area contributed by atoms with E-state index in [1.807, 2.05) is 82.6 Å². The summed E-state index contributed by atoms with van der Waals surface area (Å²) in [7, 11) is 1.73. The molecule has 2 aromatic carbocycles. The van der Waals surface area contributed by atoms with Crippen LogP contribution in [0.25, 0.3) is 5.69 Å². The molecule has 1 aromatic heterocycles. The van der Waals surface area contributed by atoms with Gasteiger partial charge in [0.15, 0.2) is 5.96 Å². The van der Waals surface area contributed by atoms with Crippen LogP contribution in [0.15, 0.2) is 78.0 Å². The average Bonchev–Trinajstić information content (AvgIpc) is 3.39. The second-order valence-corrected chi connectivity index (χ2v) is 6.94. The van der Waals surface area contributed by atoms with Crippen LogP contribution < -0.4 is 15.5 Å². The molecule has 0 bridgehead atoms. The van der Waals surface area contributed by atoms with Gasteiger partial charge in [-0.05, 0) is 24.3 Å². The van der Waals surface area contributed by atoms with Gasteiger partial charge in [-0.2, -0.15) is 5.10 Å². The van der Waals surface area contributed by atoms with Crippen LogP contribution in [0, 0.1) is 0 Å². The van der Waals surface area contributed by atoms with Crippen molar-refractivity contribution in [3.8, 4) is 5.69 Å². The number of aliphatic imine (C=N–C) groups is 1. The molecule has 3 aromatic rings. The molecule has 0 aliphatic carbocycles. The number of hydrogen-bond acceptors (Lipinski definition) is 3. The molecule has 1 aliphatic rings. The Balaban J connectivity index is 1.33. The maximum absolute atomic E-state index is 12.4. The van der Waals surface area contributed by atoms with Crippen molar-refractivity contribution in [3.63, 3.8) is 0 Å². The number of carbonyl (C=O) groups is 1. The molecular weight excluding hydrogens is 364 g/mol. The lowest BCUT2D eigenvalue weighted by molar-refractivity contribution is -0.117. The van der Waals surface area contributed by atoms with Gasteiger partial charge in [-0.15, -0.1) is 0 Å². The molecule has 1 atom stereocenters. The molecule has 148 valence electrons. The summed E-state index contributed by atoms with van der Waals surface area (Å²) in [5.41, 5.74) is 3.00. The highest BCUT2D eigenvalue weighted by Crippen LogP contribution is 2.20. The monoisotopic (exact) mass is 388 g/mol. The number of benzene rings is 2. The summed E-state index contributed by atoms with van der Waals surface area (Å²) in [6.45, 7) is 1.21. The topological polar surface area (TPSA) is 74.5 Å². The molecule has 1 amide bonds. The summed E-state index contributed by atoms with van der Waals surface area (Å²) in [4.78, 5) is 18.5. The van der Waals surface area contributed by atoms with E-state index >= 15 is 0 Å². The van der Waals surface area contributed by atoms with Gasteiger partial charge in [-0.25, -0.2) is 4.68 Å². The van der Waals surface area contributed by atoms with E-state index in [1.165, 1.54) is 0 Å². The highest BCUT2D eigenvalue weighted by molar-refractivity contribution is 5.97. The highest BCUT2D eigenvalue weighted by atomic mass is 16.2. The predicted molar refractivity (Wildman–Crippen MR) is 114 cm³/mol. The Kier molecular flexibility index (Phi) is 5.56. The minimum Gasteiger partial charge on any atom is -0.352 e. The predicted octanol–water partition coefficient (Wildman–Crippen LogP) is 2.34. The zero-order valence-electron chi connectivity index (χ0n) is 16.3. The van der Waals surface area contributed by atoms with Gasteiger partial charge in [-0.3, -0.25) is 9.79 Å². The van der Waals surface area contributed by atoms with Crippen molar-refractivity contribution in [1.82, 2.24) is 20.4 Å². The van der Waals surface area contributed by atoms with Gasteiger partial charge in [0, 0.05) is 44.0 Å². The van der Waals surface area contributed by atoms with E-state index in [0.717, 1.165) is 16.9 Å². The van der Waals surface area contributed by atoms with Gasteiger partial charge >= 0.3 is 0 Å². The second-order valence-electron chi connectivity index (χ2n) is 6.94.